The van der Waals surface area contributed by atoms with Crippen LogP contribution in [0.25, 0.3) is 55.3 Å². The van der Waals surface area contributed by atoms with Gasteiger partial charge in [-0.3, -0.25) is 4.57 Å². The Morgan fingerprint density at radius 3 is 1.98 bits per heavy atom. The number of hydrogen-bond donors (Lipinski definition) is 0. The highest BCUT2D eigenvalue weighted by Crippen LogP contribution is 2.49. The van der Waals surface area contributed by atoms with Crippen LogP contribution in [-0.4, -0.2) is 14.1 Å². The third-order valence-corrected chi connectivity index (χ3v) is 12.2. The summed E-state index contributed by atoms with van der Waals surface area (Å²) >= 11 is 0. The Labute approximate surface area is 255 Å². The largest absolute Gasteiger partial charge is 0.309 e. The van der Waals surface area contributed by atoms with E-state index in [0.29, 0.717) is 0 Å². The van der Waals surface area contributed by atoms with Gasteiger partial charge >= 0.3 is 0 Å². The molecule has 0 spiro atoms. The lowest BCUT2D eigenvalue weighted by atomic mass is 10.0. The number of para-hydroxylation sites is 3. The summed E-state index contributed by atoms with van der Waals surface area (Å²) in [7, 11) is -3.12. The average Bonchev–Trinajstić information content (AvgIpc) is 3.64. The van der Waals surface area contributed by atoms with E-state index in [4.69, 9.17) is 4.98 Å². The van der Waals surface area contributed by atoms with Crippen molar-refractivity contribution in [3.05, 3.63) is 145 Å². The number of benzene rings is 6. The lowest BCUT2D eigenvalue weighted by Gasteiger charge is -2.29. The summed E-state index contributed by atoms with van der Waals surface area (Å²) in [5.74, 6) is 0.979. The van der Waals surface area contributed by atoms with Crippen molar-refractivity contribution in [2.24, 2.45) is 0 Å². The van der Waals surface area contributed by atoms with E-state index >= 15 is 4.57 Å². The highest BCUT2D eigenvalue weighted by atomic mass is 31.2. The second-order valence-electron chi connectivity index (χ2n) is 11.4. The molecular weight excluding hydrogens is 557 g/mol. The molecule has 0 aliphatic carbocycles. The highest BCUT2D eigenvalue weighted by Gasteiger charge is 2.39. The molecule has 0 bridgehead atoms. The van der Waals surface area contributed by atoms with E-state index in [2.05, 4.69) is 107 Å². The van der Waals surface area contributed by atoms with E-state index in [1.165, 1.54) is 21.8 Å². The second-order valence-corrected chi connectivity index (χ2v) is 14.1. The number of nitrogens with zero attached hydrogens (tertiary/aromatic N) is 3. The van der Waals surface area contributed by atoms with Gasteiger partial charge in [-0.25, -0.2) is 4.98 Å². The first-order valence-electron chi connectivity index (χ1n) is 15.1. The maximum atomic E-state index is 15.4. The fourth-order valence-corrected chi connectivity index (χ4v) is 10.1. The predicted molar refractivity (Wildman–Crippen MR) is 183 cm³/mol. The van der Waals surface area contributed by atoms with Crippen molar-refractivity contribution in [2.75, 3.05) is 0 Å². The lowest BCUT2D eigenvalue weighted by Crippen LogP contribution is -2.33. The van der Waals surface area contributed by atoms with Gasteiger partial charge in [-0.05, 0) is 59.7 Å². The lowest BCUT2D eigenvalue weighted by molar-refractivity contribution is 0.592. The minimum absolute atomic E-state index is 0.779. The summed E-state index contributed by atoms with van der Waals surface area (Å²) in [4.78, 5) is 4.99. The molecule has 6 aromatic carbocycles. The SMILES string of the molecule is CCc1nc2cccc3c2n1-c1cc(-c2ccc(-n4c5ccccc5c5ccccc54)cc2)ccc1P3(=O)c1ccccc1. The minimum atomic E-state index is -3.12. The van der Waals surface area contributed by atoms with Gasteiger partial charge in [0.25, 0.3) is 0 Å². The zero-order valence-corrected chi connectivity index (χ0v) is 25.1. The van der Waals surface area contributed by atoms with E-state index in [9.17, 15) is 0 Å². The Kier molecular flexibility index (Phi) is 5.42. The number of aromatic nitrogens is 3. The zero-order valence-electron chi connectivity index (χ0n) is 24.2. The molecule has 0 fully saturated rings. The van der Waals surface area contributed by atoms with E-state index in [1.807, 2.05) is 48.5 Å². The van der Waals surface area contributed by atoms with E-state index in [0.717, 1.165) is 61.7 Å². The number of fused-ring (bicyclic) bond motifs is 5. The third-order valence-electron chi connectivity index (χ3n) is 9.09. The molecule has 1 aliphatic rings. The maximum Gasteiger partial charge on any atom is 0.175 e. The third kappa shape index (κ3) is 3.40. The van der Waals surface area contributed by atoms with Crippen LogP contribution in [0.5, 0.6) is 0 Å². The van der Waals surface area contributed by atoms with Crippen LogP contribution < -0.4 is 15.9 Å². The number of imidazole rings is 1. The van der Waals surface area contributed by atoms with Crippen molar-refractivity contribution >= 4 is 55.9 Å². The number of hydrogen-bond acceptors (Lipinski definition) is 2. The van der Waals surface area contributed by atoms with Crippen molar-refractivity contribution in [1.82, 2.24) is 14.1 Å². The molecule has 210 valence electrons. The fourth-order valence-electron chi connectivity index (χ4n) is 7.11. The number of rotatable bonds is 4. The van der Waals surface area contributed by atoms with Crippen LogP contribution in [-0.2, 0) is 11.0 Å². The first-order chi connectivity index (χ1) is 21.7. The Bertz CT molecular complexity index is 2400. The standard InChI is InChI=1S/C39H28N3OP/c1-2-38-40-32-15-10-18-37-39(32)42(38)35-25-27(21-24-36(35)44(37,43)29-11-4-3-5-12-29)26-19-22-28(23-20-26)41-33-16-8-6-13-30(33)31-14-7-9-17-34(31)41/h3-25H,2H2,1H3. The molecule has 0 saturated heterocycles. The minimum Gasteiger partial charge on any atom is -0.309 e. The molecule has 1 atom stereocenters. The quantitative estimate of drug-likeness (QED) is 0.195. The predicted octanol–water partition coefficient (Wildman–Crippen LogP) is 8.30. The van der Waals surface area contributed by atoms with Crippen LogP contribution in [0, 0.1) is 0 Å². The van der Waals surface area contributed by atoms with E-state index in [1.54, 1.807) is 0 Å². The molecule has 44 heavy (non-hydrogen) atoms. The van der Waals surface area contributed by atoms with Crippen molar-refractivity contribution in [2.45, 2.75) is 13.3 Å². The maximum absolute atomic E-state index is 15.4. The molecule has 9 rings (SSSR count). The summed E-state index contributed by atoms with van der Waals surface area (Å²) in [6, 6.07) is 48.3. The summed E-state index contributed by atoms with van der Waals surface area (Å²) in [6.07, 6.45) is 0.779. The van der Waals surface area contributed by atoms with E-state index in [-0.39, 0.29) is 0 Å². The van der Waals surface area contributed by atoms with Crippen molar-refractivity contribution < 1.29 is 4.57 Å². The van der Waals surface area contributed by atoms with Gasteiger partial charge in [-0.2, -0.15) is 0 Å². The topological polar surface area (TPSA) is 39.8 Å². The van der Waals surface area contributed by atoms with Gasteiger partial charge in [0.15, 0.2) is 7.14 Å². The molecule has 4 nitrogen and oxygen atoms in total. The van der Waals surface area contributed by atoms with Crippen molar-refractivity contribution in [3.8, 4) is 22.5 Å². The normalized spacial score (nSPS) is 15.7. The molecule has 0 saturated carbocycles. The summed E-state index contributed by atoms with van der Waals surface area (Å²) in [5, 5.41) is 5.08. The van der Waals surface area contributed by atoms with Crippen LogP contribution in [0.1, 0.15) is 12.7 Å². The van der Waals surface area contributed by atoms with Gasteiger partial charge < -0.3 is 9.13 Å². The average molecular weight is 586 g/mol. The monoisotopic (exact) mass is 585 g/mol. The molecule has 0 radical (unpaired) electrons. The Hall–Kier alpha value is -5.18. The second kappa shape index (κ2) is 9.41. The fraction of sp³-hybridized carbons (Fsp3) is 0.0513. The van der Waals surface area contributed by atoms with Crippen LogP contribution in [0.2, 0.25) is 0 Å². The van der Waals surface area contributed by atoms with Gasteiger partial charge in [0, 0.05) is 38.8 Å². The van der Waals surface area contributed by atoms with Crippen LogP contribution in [0.4, 0.5) is 0 Å². The zero-order chi connectivity index (χ0) is 29.4. The molecular formula is C39H28N3OP. The van der Waals surface area contributed by atoms with Crippen molar-refractivity contribution in [1.29, 1.82) is 0 Å². The van der Waals surface area contributed by atoms with Gasteiger partial charge in [-0.1, -0.05) is 97.9 Å². The Balaban J connectivity index is 1.23. The molecule has 1 unspecified atom stereocenters. The van der Waals surface area contributed by atoms with Gasteiger partial charge in [0.2, 0.25) is 0 Å². The molecule has 8 aromatic rings. The van der Waals surface area contributed by atoms with Crippen LogP contribution in [0.15, 0.2) is 140 Å². The number of aryl methyl sites for hydroxylation is 1. The molecule has 0 amide bonds. The van der Waals surface area contributed by atoms with Gasteiger partial charge in [0.1, 0.15) is 5.82 Å². The Morgan fingerprint density at radius 2 is 1.27 bits per heavy atom. The Morgan fingerprint density at radius 1 is 0.614 bits per heavy atom. The summed E-state index contributed by atoms with van der Waals surface area (Å²) < 4.78 is 19.9. The first-order valence-corrected chi connectivity index (χ1v) is 16.8. The molecule has 1 aliphatic heterocycles. The summed E-state index contributed by atoms with van der Waals surface area (Å²) in [6.45, 7) is 2.13. The van der Waals surface area contributed by atoms with Crippen LogP contribution in [0.3, 0.4) is 0 Å². The molecule has 0 N–H and O–H groups in total. The van der Waals surface area contributed by atoms with Crippen molar-refractivity contribution in [3.63, 3.8) is 0 Å². The first kappa shape index (κ1) is 25.3. The summed E-state index contributed by atoms with van der Waals surface area (Å²) in [5.41, 5.74) is 8.52. The van der Waals surface area contributed by atoms with Crippen LogP contribution >= 0.6 is 7.14 Å². The van der Waals surface area contributed by atoms with Gasteiger partial charge in [-0.15, -0.1) is 0 Å². The smallest absolute Gasteiger partial charge is 0.175 e. The molecule has 2 aromatic heterocycles. The molecule has 5 heteroatoms. The molecule has 3 heterocycles. The van der Waals surface area contributed by atoms with E-state index < -0.39 is 7.14 Å². The van der Waals surface area contributed by atoms with Gasteiger partial charge in [0.05, 0.1) is 27.8 Å². The highest BCUT2D eigenvalue weighted by molar-refractivity contribution is 7.86.